The van der Waals surface area contributed by atoms with Crippen molar-refractivity contribution in [2.75, 3.05) is 0 Å². The number of benzene rings is 7. The van der Waals surface area contributed by atoms with Crippen LogP contribution in [0.15, 0.2) is 150 Å². The van der Waals surface area contributed by atoms with E-state index < -0.39 is 0 Å². The summed E-state index contributed by atoms with van der Waals surface area (Å²) in [6.07, 6.45) is 0. The van der Waals surface area contributed by atoms with Crippen LogP contribution in [0.25, 0.3) is 88.1 Å². The van der Waals surface area contributed by atoms with Gasteiger partial charge in [-0.15, -0.1) is 0 Å². The number of fused-ring (bicyclic) bond motifs is 10. The first-order valence-electron chi connectivity index (χ1n) is 16.1. The monoisotopic (exact) mass is 624 g/mol. The number of hydrogen-bond donors (Lipinski definition) is 0. The Bertz CT molecular complexity index is 3090. The second-order valence-electron chi connectivity index (χ2n) is 12.4. The Hall–Kier alpha value is -7.08. The average molecular weight is 625 g/mol. The molecule has 0 fully saturated rings. The van der Waals surface area contributed by atoms with Crippen LogP contribution in [-0.4, -0.2) is 9.13 Å². The summed E-state index contributed by atoms with van der Waals surface area (Å²) in [5.41, 5.74) is 11.4. The Kier molecular flexibility index (Phi) is 5.64. The third-order valence-electron chi connectivity index (χ3n) is 9.75. The summed E-state index contributed by atoms with van der Waals surface area (Å²) >= 11 is 0. The number of para-hydroxylation sites is 2. The first-order chi connectivity index (χ1) is 24.2. The van der Waals surface area contributed by atoms with Crippen molar-refractivity contribution in [2.24, 2.45) is 0 Å². The Morgan fingerprint density at radius 2 is 1.00 bits per heavy atom. The van der Waals surface area contributed by atoms with Gasteiger partial charge in [-0.25, -0.2) is 0 Å². The molecule has 0 spiro atoms. The molecule has 3 aromatic heterocycles. The van der Waals surface area contributed by atoms with Crippen molar-refractivity contribution in [3.8, 4) is 34.6 Å². The van der Waals surface area contributed by atoms with Gasteiger partial charge in [0.05, 0.1) is 50.7 Å². The molecule has 7 aromatic carbocycles. The molecule has 0 amide bonds. The van der Waals surface area contributed by atoms with E-state index in [0.29, 0.717) is 11.1 Å². The largest absolute Gasteiger partial charge is 0.455 e. The van der Waals surface area contributed by atoms with Crippen molar-refractivity contribution in [1.82, 2.24) is 9.13 Å². The Balaban J connectivity index is 1.18. The molecule has 0 radical (unpaired) electrons. The topological polar surface area (TPSA) is 70.6 Å². The number of hydrogen-bond acceptors (Lipinski definition) is 3. The molecule has 0 unspecified atom stereocenters. The predicted molar refractivity (Wildman–Crippen MR) is 197 cm³/mol. The van der Waals surface area contributed by atoms with E-state index in [2.05, 4.69) is 106 Å². The van der Waals surface area contributed by atoms with Gasteiger partial charge in [0.15, 0.2) is 0 Å². The summed E-state index contributed by atoms with van der Waals surface area (Å²) in [5.74, 6) is 0. The van der Waals surface area contributed by atoms with Crippen LogP contribution in [0.5, 0.6) is 0 Å². The SMILES string of the molecule is N#Cc1ccc2c(c1)c1ccccc1n2-c1cccc(-c2cccc(-n3c4ccc(C#N)cc4c4c5oc6ccccc6c5ccc43)c2)c1. The van der Waals surface area contributed by atoms with Crippen LogP contribution in [0, 0.1) is 22.7 Å². The lowest BCUT2D eigenvalue weighted by Gasteiger charge is -2.13. The maximum Gasteiger partial charge on any atom is 0.145 e. The van der Waals surface area contributed by atoms with Crippen molar-refractivity contribution in [2.45, 2.75) is 0 Å². The smallest absolute Gasteiger partial charge is 0.145 e. The summed E-state index contributed by atoms with van der Waals surface area (Å²) in [6.45, 7) is 0. The summed E-state index contributed by atoms with van der Waals surface area (Å²) < 4.78 is 11.0. The zero-order valence-corrected chi connectivity index (χ0v) is 26.1. The van der Waals surface area contributed by atoms with Crippen LogP contribution in [0.1, 0.15) is 11.1 Å². The van der Waals surface area contributed by atoms with E-state index >= 15 is 0 Å². The highest BCUT2D eigenvalue weighted by atomic mass is 16.3. The second kappa shape index (κ2) is 10.2. The number of aromatic nitrogens is 2. The minimum Gasteiger partial charge on any atom is -0.455 e. The van der Waals surface area contributed by atoms with E-state index in [-0.39, 0.29) is 0 Å². The molecule has 0 N–H and O–H groups in total. The van der Waals surface area contributed by atoms with Crippen LogP contribution in [0.4, 0.5) is 0 Å². The Morgan fingerprint density at radius 3 is 1.71 bits per heavy atom. The number of furan rings is 1. The summed E-state index contributed by atoms with van der Waals surface area (Å²) in [4.78, 5) is 0. The van der Waals surface area contributed by atoms with E-state index in [4.69, 9.17) is 4.42 Å². The first kappa shape index (κ1) is 27.1. The summed E-state index contributed by atoms with van der Waals surface area (Å²) in [5, 5.41) is 25.7. The molecular formula is C44H24N4O. The molecule has 10 aromatic rings. The van der Waals surface area contributed by atoms with Crippen molar-refractivity contribution in [3.05, 3.63) is 157 Å². The fourth-order valence-electron chi connectivity index (χ4n) is 7.60. The van der Waals surface area contributed by atoms with E-state index in [1.165, 1.54) is 0 Å². The molecule has 5 nitrogen and oxygen atoms in total. The number of rotatable bonds is 3. The highest BCUT2D eigenvalue weighted by Gasteiger charge is 2.20. The molecule has 3 heterocycles. The quantitative estimate of drug-likeness (QED) is 0.196. The molecule has 0 aliphatic rings. The van der Waals surface area contributed by atoms with Crippen molar-refractivity contribution < 1.29 is 4.42 Å². The molecule has 0 aliphatic carbocycles. The van der Waals surface area contributed by atoms with E-state index in [0.717, 1.165) is 88.1 Å². The van der Waals surface area contributed by atoms with Crippen LogP contribution in [-0.2, 0) is 0 Å². The average Bonchev–Trinajstić information content (AvgIpc) is 3.82. The van der Waals surface area contributed by atoms with Gasteiger partial charge in [0.1, 0.15) is 11.2 Å². The molecular weight excluding hydrogens is 601 g/mol. The van der Waals surface area contributed by atoms with E-state index in [9.17, 15) is 10.5 Å². The van der Waals surface area contributed by atoms with Gasteiger partial charge in [0.25, 0.3) is 0 Å². The molecule has 10 rings (SSSR count). The fourth-order valence-corrected chi connectivity index (χ4v) is 7.60. The van der Waals surface area contributed by atoms with Gasteiger partial charge in [-0.1, -0.05) is 60.7 Å². The highest BCUT2D eigenvalue weighted by Crippen LogP contribution is 2.41. The third kappa shape index (κ3) is 3.91. The highest BCUT2D eigenvalue weighted by molar-refractivity contribution is 6.24. The maximum absolute atomic E-state index is 9.82. The standard InChI is InChI=1S/C44H24N4O/c45-25-27-15-18-39-36(21-27)33-11-1-3-13-38(33)47(39)31-9-5-7-29(23-31)30-8-6-10-32(24-30)48-40-19-16-28(26-46)22-37(40)43-41(48)20-17-35-34-12-2-4-14-42(34)49-44(35)43/h1-24H. The van der Waals surface area contributed by atoms with Gasteiger partial charge in [-0.3, -0.25) is 0 Å². The predicted octanol–water partition coefficient (Wildman–Crippen LogP) is 11.2. The molecule has 0 bridgehead atoms. The van der Waals surface area contributed by atoms with Gasteiger partial charge in [-0.2, -0.15) is 10.5 Å². The summed E-state index contributed by atoms with van der Waals surface area (Å²) in [6, 6.07) is 54.4. The van der Waals surface area contributed by atoms with Gasteiger partial charge >= 0.3 is 0 Å². The molecule has 0 atom stereocenters. The molecule has 0 saturated heterocycles. The van der Waals surface area contributed by atoms with Crippen molar-refractivity contribution >= 4 is 65.6 Å². The van der Waals surface area contributed by atoms with Crippen molar-refractivity contribution in [1.29, 1.82) is 10.5 Å². The fraction of sp³-hybridized carbons (Fsp3) is 0. The number of nitrogens with zero attached hydrogens (tertiary/aromatic N) is 4. The minimum absolute atomic E-state index is 0.610. The minimum atomic E-state index is 0.610. The molecule has 226 valence electrons. The molecule has 49 heavy (non-hydrogen) atoms. The van der Waals surface area contributed by atoms with Crippen molar-refractivity contribution in [3.63, 3.8) is 0 Å². The molecule has 5 heteroatoms. The summed E-state index contributed by atoms with van der Waals surface area (Å²) in [7, 11) is 0. The maximum atomic E-state index is 9.82. The van der Waals surface area contributed by atoms with Gasteiger partial charge < -0.3 is 13.6 Å². The second-order valence-corrected chi connectivity index (χ2v) is 12.4. The Labute approximate surface area is 280 Å². The third-order valence-corrected chi connectivity index (χ3v) is 9.75. The van der Waals surface area contributed by atoms with Crippen LogP contribution < -0.4 is 0 Å². The van der Waals surface area contributed by atoms with Crippen LogP contribution in [0.2, 0.25) is 0 Å². The normalized spacial score (nSPS) is 11.6. The van der Waals surface area contributed by atoms with Gasteiger partial charge in [0.2, 0.25) is 0 Å². The Morgan fingerprint density at radius 1 is 0.429 bits per heavy atom. The van der Waals surface area contributed by atoms with Crippen LogP contribution in [0.3, 0.4) is 0 Å². The lowest BCUT2D eigenvalue weighted by atomic mass is 10.0. The van der Waals surface area contributed by atoms with E-state index in [1.54, 1.807) is 0 Å². The zero-order valence-electron chi connectivity index (χ0n) is 26.1. The lowest BCUT2D eigenvalue weighted by molar-refractivity contribution is 0.673. The van der Waals surface area contributed by atoms with Gasteiger partial charge in [0, 0.05) is 38.3 Å². The van der Waals surface area contributed by atoms with Crippen LogP contribution >= 0.6 is 0 Å². The lowest BCUT2D eigenvalue weighted by Crippen LogP contribution is -1.96. The number of nitriles is 2. The van der Waals surface area contributed by atoms with E-state index in [1.807, 2.05) is 60.7 Å². The molecule has 0 saturated carbocycles. The molecule has 0 aliphatic heterocycles. The van der Waals surface area contributed by atoms with Gasteiger partial charge in [-0.05, 0) is 96.1 Å². The first-order valence-corrected chi connectivity index (χ1v) is 16.1. The zero-order chi connectivity index (χ0) is 32.6.